The molecule has 5 nitrogen and oxygen atoms in total. The number of fused-ring (bicyclic) bond motifs is 1. The molecule has 0 radical (unpaired) electrons. The summed E-state index contributed by atoms with van der Waals surface area (Å²) in [5, 5.41) is 2.77. The lowest BCUT2D eigenvalue weighted by Crippen LogP contribution is -2.33. The van der Waals surface area contributed by atoms with E-state index >= 15 is 0 Å². The largest absolute Gasteiger partial charge is 0.399 e. The van der Waals surface area contributed by atoms with Crippen LogP contribution in [0, 0.1) is 0 Å². The first-order chi connectivity index (χ1) is 10.1. The van der Waals surface area contributed by atoms with E-state index in [1.807, 2.05) is 24.3 Å². The number of nitrogen functional groups attached to an aromatic ring is 1. The SMILES string of the molecule is Nc1ccc2c(c1)C(=O)N(CC(=O)Nc1ccccc1)C2. The molecule has 2 amide bonds. The molecule has 3 N–H and O–H groups in total. The molecule has 106 valence electrons. The first-order valence-corrected chi connectivity index (χ1v) is 6.66. The highest BCUT2D eigenvalue weighted by molar-refractivity contribution is 6.02. The number of hydrogen-bond acceptors (Lipinski definition) is 3. The van der Waals surface area contributed by atoms with Gasteiger partial charge in [-0.3, -0.25) is 9.59 Å². The summed E-state index contributed by atoms with van der Waals surface area (Å²) in [7, 11) is 0. The molecule has 0 saturated heterocycles. The number of nitrogens with one attached hydrogen (secondary N) is 1. The second-order valence-electron chi connectivity index (χ2n) is 4.99. The summed E-state index contributed by atoms with van der Waals surface area (Å²) in [5.74, 6) is -0.365. The zero-order valence-corrected chi connectivity index (χ0v) is 11.4. The molecule has 0 unspecified atom stereocenters. The first kappa shape index (κ1) is 13.2. The Labute approximate surface area is 122 Å². The molecule has 0 atom stereocenters. The summed E-state index contributed by atoms with van der Waals surface area (Å²) in [5.41, 5.74) is 8.45. The summed E-state index contributed by atoms with van der Waals surface area (Å²) < 4.78 is 0. The maximum absolute atomic E-state index is 12.2. The van der Waals surface area contributed by atoms with Gasteiger partial charge in [-0.1, -0.05) is 24.3 Å². The predicted octanol–water partition coefficient (Wildman–Crippen LogP) is 1.86. The van der Waals surface area contributed by atoms with Gasteiger partial charge in [0.1, 0.15) is 6.54 Å². The summed E-state index contributed by atoms with van der Waals surface area (Å²) in [6.45, 7) is 0.471. The van der Waals surface area contributed by atoms with Crippen LogP contribution in [0.5, 0.6) is 0 Å². The average molecular weight is 281 g/mol. The quantitative estimate of drug-likeness (QED) is 0.843. The summed E-state index contributed by atoms with van der Waals surface area (Å²) in [6.07, 6.45) is 0. The predicted molar refractivity (Wildman–Crippen MR) is 80.7 cm³/mol. The molecule has 1 heterocycles. The Morgan fingerprint density at radius 1 is 1.19 bits per heavy atom. The van der Waals surface area contributed by atoms with E-state index in [1.165, 1.54) is 4.90 Å². The fourth-order valence-electron chi connectivity index (χ4n) is 2.40. The lowest BCUT2D eigenvalue weighted by molar-refractivity contribution is -0.116. The van der Waals surface area contributed by atoms with E-state index in [-0.39, 0.29) is 18.4 Å². The Balaban J connectivity index is 1.67. The smallest absolute Gasteiger partial charge is 0.255 e. The highest BCUT2D eigenvalue weighted by Gasteiger charge is 2.28. The van der Waals surface area contributed by atoms with Crippen LogP contribution in [-0.4, -0.2) is 23.3 Å². The number of nitrogens with zero attached hydrogens (tertiary/aromatic N) is 1. The third kappa shape index (κ3) is 2.72. The number of nitrogens with two attached hydrogens (primary N) is 1. The minimum atomic E-state index is -0.213. The van der Waals surface area contributed by atoms with E-state index in [0.29, 0.717) is 17.8 Å². The van der Waals surface area contributed by atoms with Crippen molar-refractivity contribution < 1.29 is 9.59 Å². The van der Waals surface area contributed by atoms with Gasteiger partial charge in [0, 0.05) is 23.5 Å². The van der Waals surface area contributed by atoms with E-state index < -0.39 is 0 Å². The maximum atomic E-state index is 12.2. The molecule has 1 aliphatic rings. The van der Waals surface area contributed by atoms with Crippen LogP contribution in [0.4, 0.5) is 11.4 Å². The second kappa shape index (κ2) is 5.28. The van der Waals surface area contributed by atoms with Crippen molar-refractivity contribution in [2.75, 3.05) is 17.6 Å². The Hall–Kier alpha value is -2.82. The van der Waals surface area contributed by atoms with Crippen LogP contribution < -0.4 is 11.1 Å². The maximum Gasteiger partial charge on any atom is 0.255 e. The molecule has 0 saturated carbocycles. The zero-order valence-electron chi connectivity index (χ0n) is 11.4. The van der Waals surface area contributed by atoms with Gasteiger partial charge in [0.15, 0.2) is 0 Å². The molecule has 5 heteroatoms. The molecular weight excluding hydrogens is 266 g/mol. The fraction of sp³-hybridized carbons (Fsp3) is 0.125. The number of anilines is 2. The van der Waals surface area contributed by atoms with Gasteiger partial charge in [-0.25, -0.2) is 0 Å². The highest BCUT2D eigenvalue weighted by Crippen LogP contribution is 2.24. The van der Waals surface area contributed by atoms with Crippen molar-refractivity contribution in [1.82, 2.24) is 4.90 Å². The van der Waals surface area contributed by atoms with Crippen LogP contribution in [-0.2, 0) is 11.3 Å². The first-order valence-electron chi connectivity index (χ1n) is 6.66. The number of para-hydroxylation sites is 1. The second-order valence-corrected chi connectivity index (χ2v) is 4.99. The van der Waals surface area contributed by atoms with Crippen molar-refractivity contribution in [2.45, 2.75) is 6.54 Å². The van der Waals surface area contributed by atoms with E-state index in [9.17, 15) is 9.59 Å². The van der Waals surface area contributed by atoms with Crippen molar-refractivity contribution >= 4 is 23.2 Å². The lowest BCUT2D eigenvalue weighted by atomic mass is 10.1. The molecule has 21 heavy (non-hydrogen) atoms. The van der Waals surface area contributed by atoms with E-state index in [4.69, 9.17) is 5.73 Å². The minimum absolute atomic E-state index is 0.0301. The molecule has 2 aromatic rings. The summed E-state index contributed by atoms with van der Waals surface area (Å²) in [6, 6.07) is 14.4. The van der Waals surface area contributed by atoms with Crippen LogP contribution >= 0.6 is 0 Å². The number of hydrogen-bond donors (Lipinski definition) is 2. The van der Waals surface area contributed by atoms with Gasteiger partial charge in [0.2, 0.25) is 5.91 Å². The van der Waals surface area contributed by atoms with Crippen molar-refractivity contribution in [3.8, 4) is 0 Å². The molecule has 0 aromatic heterocycles. The molecule has 1 aliphatic heterocycles. The minimum Gasteiger partial charge on any atom is -0.399 e. The van der Waals surface area contributed by atoms with Gasteiger partial charge in [-0.05, 0) is 29.8 Å². The van der Waals surface area contributed by atoms with E-state index in [2.05, 4.69) is 5.32 Å². The third-order valence-electron chi connectivity index (χ3n) is 3.40. The normalized spacial score (nSPS) is 13.1. The Bertz CT molecular complexity index is 698. The van der Waals surface area contributed by atoms with E-state index in [1.54, 1.807) is 24.3 Å². The van der Waals surface area contributed by atoms with Crippen LogP contribution in [0.1, 0.15) is 15.9 Å². The van der Waals surface area contributed by atoms with Crippen molar-refractivity contribution in [1.29, 1.82) is 0 Å². The van der Waals surface area contributed by atoms with Gasteiger partial charge in [-0.15, -0.1) is 0 Å². The standard InChI is InChI=1S/C16H15N3O2/c17-12-7-6-11-9-19(16(21)14(11)8-12)10-15(20)18-13-4-2-1-3-5-13/h1-8H,9-10,17H2,(H,18,20). The topological polar surface area (TPSA) is 75.4 Å². The van der Waals surface area contributed by atoms with Crippen LogP contribution in [0.2, 0.25) is 0 Å². The van der Waals surface area contributed by atoms with Crippen LogP contribution in [0.3, 0.4) is 0 Å². The van der Waals surface area contributed by atoms with Gasteiger partial charge in [-0.2, -0.15) is 0 Å². The fourth-order valence-corrected chi connectivity index (χ4v) is 2.40. The Kier molecular flexibility index (Phi) is 3.31. The molecule has 2 aromatic carbocycles. The van der Waals surface area contributed by atoms with Crippen molar-refractivity contribution in [3.05, 3.63) is 59.7 Å². The molecular formula is C16H15N3O2. The molecule has 0 aliphatic carbocycles. The molecule has 0 bridgehead atoms. The van der Waals surface area contributed by atoms with Gasteiger partial charge < -0.3 is 16.0 Å². The zero-order chi connectivity index (χ0) is 14.8. The van der Waals surface area contributed by atoms with Crippen LogP contribution in [0.25, 0.3) is 0 Å². The lowest BCUT2D eigenvalue weighted by Gasteiger charge is -2.15. The number of carbonyl (C=O) groups excluding carboxylic acids is 2. The molecule has 0 spiro atoms. The van der Waals surface area contributed by atoms with Crippen molar-refractivity contribution in [2.24, 2.45) is 0 Å². The Morgan fingerprint density at radius 2 is 1.95 bits per heavy atom. The molecule has 0 fully saturated rings. The summed E-state index contributed by atoms with van der Waals surface area (Å²) in [4.78, 5) is 25.7. The monoisotopic (exact) mass is 281 g/mol. The van der Waals surface area contributed by atoms with Crippen molar-refractivity contribution in [3.63, 3.8) is 0 Å². The number of amides is 2. The van der Waals surface area contributed by atoms with Gasteiger partial charge in [0.05, 0.1) is 0 Å². The third-order valence-corrected chi connectivity index (χ3v) is 3.40. The van der Waals surface area contributed by atoms with Crippen LogP contribution in [0.15, 0.2) is 48.5 Å². The Morgan fingerprint density at radius 3 is 2.71 bits per heavy atom. The highest BCUT2D eigenvalue weighted by atomic mass is 16.2. The number of carbonyl (C=O) groups is 2. The molecule has 3 rings (SSSR count). The van der Waals surface area contributed by atoms with Gasteiger partial charge in [0.25, 0.3) is 5.91 Å². The van der Waals surface area contributed by atoms with Gasteiger partial charge >= 0.3 is 0 Å². The summed E-state index contributed by atoms with van der Waals surface area (Å²) >= 11 is 0. The average Bonchev–Trinajstić information content (AvgIpc) is 2.76. The number of benzene rings is 2. The van der Waals surface area contributed by atoms with E-state index in [0.717, 1.165) is 11.3 Å². The number of rotatable bonds is 3.